The first-order chi connectivity index (χ1) is 9.69. The number of nitrogens with two attached hydrogens (primary N) is 1. The van der Waals surface area contributed by atoms with Gasteiger partial charge < -0.3 is 5.73 Å². The third kappa shape index (κ3) is 2.46. The zero-order valence-corrected chi connectivity index (χ0v) is 12.0. The number of benzene rings is 1. The zero-order chi connectivity index (χ0) is 14.0. The number of rotatable bonds is 2. The molecule has 1 aliphatic rings. The number of aromatic nitrogens is 2. The van der Waals surface area contributed by atoms with E-state index in [1.165, 1.54) is 30.4 Å². The molecule has 0 spiro atoms. The molecule has 1 aromatic carbocycles. The SMILES string of the molecule is Cc1ccccc1-c1cnc(C2(N)CCCCC2)nc1. The molecule has 2 N–H and O–H groups in total. The molecule has 2 aromatic rings. The van der Waals surface area contributed by atoms with Gasteiger partial charge in [0.25, 0.3) is 0 Å². The molecule has 3 heteroatoms. The minimum Gasteiger partial charge on any atom is -0.319 e. The van der Waals surface area contributed by atoms with E-state index in [1.54, 1.807) is 0 Å². The van der Waals surface area contributed by atoms with E-state index in [0.29, 0.717) is 0 Å². The van der Waals surface area contributed by atoms with Crippen LogP contribution in [0, 0.1) is 6.92 Å². The summed E-state index contributed by atoms with van der Waals surface area (Å²) < 4.78 is 0. The molecule has 0 radical (unpaired) electrons. The van der Waals surface area contributed by atoms with Crippen LogP contribution in [0.2, 0.25) is 0 Å². The Balaban J connectivity index is 1.90. The lowest BCUT2D eigenvalue weighted by molar-refractivity contribution is 0.287. The maximum Gasteiger partial charge on any atom is 0.148 e. The van der Waals surface area contributed by atoms with E-state index in [2.05, 4.69) is 29.0 Å². The van der Waals surface area contributed by atoms with Gasteiger partial charge in [0, 0.05) is 18.0 Å². The van der Waals surface area contributed by atoms with Crippen molar-refractivity contribution < 1.29 is 0 Å². The molecule has 1 saturated carbocycles. The maximum atomic E-state index is 6.47. The van der Waals surface area contributed by atoms with Crippen molar-refractivity contribution >= 4 is 0 Å². The minimum absolute atomic E-state index is 0.317. The Morgan fingerprint density at radius 1 is 1.00 bits per heavy atom. The lowest BCUT2D eigenvalue weighted by atomic mass is 9.82. The fourth-order valence-corrected chi connectivity index (χ4v) is 3.03. The van der Waals surface area contributed by atoms with Crippen LogP contribution in [-0.4, -0.2) is 9.97 Å². The summed E-state index contributed by atoms with van der Waals surface area (Å²) in [5, 5.41) is 0. The number of nitrogens with zero attached hydrogens (tertiary/aromatic N) is 2. The molecular formula is C17H21N3. The average Bonchev–Trinajstić information content (AvgIpc) is 2.49. The molecule has 0 saturated heterocycles. The van der Waals surface area contributed by atoms with Crippen LogP contribution in [0.3, 0.4) is 0 Å². The van der Waals surface area contributed by atoms with Gasteiger partial charge in [0.2, 0.25) is 0 Å². The third-order valence-electron chi connectivity index (χ3n) is 4.30. The van der Waals surface area contributed by atoms with Crippen molar-refractivity contribution in [2.75, 3.05) is 0 Å². The quantitative estimate of drug-likeness (QED) is 0.905. The van der Waals surface area contributed by atoms with Crippen LogP contribution in [0.4, 0.5) is 0 Å². The molecule has 0 bridgehead atoms. The van der Waals surface area contributed by atoms with Gasteiger partial charge in [-0.25, -0.2) is 9.97 Å². The predicted molar refractivity (Wildman–Crippen MR) is 81.2 cm³/mol. The van der Waals surface area contributed by atoms with Gasteiger partial charge in [-0.15, -0.1) is 0 Å². The topological polar surface area (TPSA) is 51.8 Å². The maximum absolute atomic E-state index is 6.47. The lowest BCUT2D eigenvalue weighted by Crippen LogP contribution is -2.40. The summed E-state index contributed by atoms with van der Waals surface area (Å²) in [4.78, 5) is 9.11. The summed E-state index contributed by atoms with van der Waals surface area (Å²) in [6.45, 7) is 2.11. The molecule has 20 heavy (non-hydrogen) atoms. The highest BCUT2D eigenvalue weighted by Crippen LogP contribution is 2.33. The summed E-state index contributed by atoms with van der Waals surface area (Å²) in [5.74, 6) is 0.800. The van der Waals surface area contributed by atoms with E-state index in [-0.39, 0.29) is 5.54 Å². The van der Waals surface area contributed by atoms with Crippen molar-refractivity contribution in [1.82, 2.24) is 9.97 Å². The fourth-order valence-electron chi connectivity index (χ4n) is 3.03. The van der Waals surface area contributed by atoms with Gasteiger partial charge in [-0.2, -0.15) is 0 Å². The van der Waals surface area contributed by atoms with Crippen LogP contribution in [-0.2, 0) is 5.54 Å². The van der Waals surface area contributed by atoms with E-state index < -0.39 is 0 Å². The summed E-state index contributed by atoms with van der Waals surface area (Å²) in [7, 11) is 0. The van der Waals surface area contributed by atoms with Gasteiger partial charge in [0.1, 0.15) is 5.82 Å². The summed E-state index contributed by atoms with van der Waals surface area (Å²) in [6, 6.07) is 8.30. The first-order valence-electron chi connectivity index (χ1n) is 7.36. The zero-order valence-electron chi connectivity index (χ0n) is 12.0. The van der Waals surface area contributed by atoms with Gasteiger partial charge in [-0.05, 0) is 30.9 Å². The molecule has 0 aliphatic heterocycles. The normalized spacial score (nSPS) is 17.9. The van der Waals surface area contributed by atoms with Crippen molar-refractivity contribution in [3.05, 3.63) is 48.0 Å². The Kier molecular flexibility index (Phi) is 3.53. The van der Waals surface area contributed by atoms with Gasteiger partial charge in [0.15, 0.2) is 0 Å². The van der Waals surface area contributed by atoms with E-state index in [9.17, 15) is 0 Å². The molecule has 0 atom stereocenters. The smallest absolute Gasteiger partial charge is 0.148 e. The fraction of sp³-hybridized carbons (Fsp3) is 0.412. The third-order valence-corrected chi connectivity index (χ3v) is 4.30. The van der Waals surface area contributed by atoms with Crippen LogP contribution < -0.4 is 5.73 Å². The monoisotopic (exact) mass is 267 g/mol. The molecule has 3 rings (SSSR count). The van der Waals surface area contributed by atoms with Crippen LogP contribution >= 0.6 is 0 Å². The van der Waals surface area contributed by atoms with Crippen LogP contribution in [0.15, 0.2) is 36.7 Å². The summed E-state index contributed by atoms with van der Waals surface area (Å²) in [5.41, 5.74) is 9.65. The molecular weight excluding hydrogens is 246 g/mol. The molecule has 3 nitrogen and oxygen atoms in total. The molecule has 1 heterocycles. The second kappa shape index (κ2) is 5.33. The summed E-state index contributed by atoms with van der Waals surface area (Å²) in [6.07, 6.45) is 9.45. The van der Waals surface area contributed by atoms with Crippen LogP contribution in [0.25, 0.3) is 11.1 Å². The first-order valence-corrected chi connectivity index (χ1v) is 7.36. The van der Waals surface area contributed by atoms with Crippen LogP contribution in [0.1, 0.15) is 43.5 Å². The molecule has 1 fully saturated rings. The highest BCUT2D eigenvalue weighted by Gasteiger charge is 2.32. The standard InChI is InChI=1S/C17H21N3/c1-13-7-3-4-8-15(13)14-11-19-16(20-12-14)17(18)9-5-2-6-10-17/h3-4,7-8,11-12H,2,5-6,9-10,18H2,1H3. The van der Waals surface area contributed by atoms with Crippen molar-refractivity contribution in [2.24, 2.45) is 5.73 Å². The highest BCUT2D eigenvalue weighted by molar-refractivity contribution is 5.65. The summed E-state index contributed by atoms with van der Waals surface area (Å²) >= 11 is 0. The second-order valence-corrected chi connectivity index (χ2v) is 5.83. The Labute approximate surface area is 120 Å². The van der Waals surface area contributed by atoms with Gasteiger partial charge in [0.05, 0.1) is 5.54 Å². The van der Waals surface area contributed by atoms with Gasteiger partial charge >= 0.3 is 0 Å². The highest BCUT2D eigenvalue weighted by atomic mass is 15.0. The molecule has 0 unspecified atom stereocenters. The van der Waals surface area contributed by atoms with Crippen molar-refractivity contribution in [3.63, 3.8) is 0 Å². The van der Waals surface area contributed by atoms with Crippen molar-refractivity contribution in [2.45, 2.75) is 44.6 Å². The Morgan fingerprint density at radius 2 is 1.65 bits per heavy atom. The van der Waals surface area contributed by atoms with Gasteiger partial charge in [-0.3, -0.25) is 0 Å². The number of aryl methyl sites for hydroxylation is 1. The lowest BCUT2D eigenvalue weighted by Gasteiger charge is -2.31. The average molecular weight is 267 g/mol. The van der Waals surface area contributed by atoms with Crippen molar-refractivity contribution in [1.29, 1.82) is 0 Å². The molecule has 1 aromatic heterocycles. The molecule has 104 valence electrons. The number of hydrogen-bond donors (Lipinski definition) is 1. The largest absolute Gasteiger partial charge is 0.319 e. The first kappa shape index (κ1) is 13.3. The van der Waals surface area contributed by atoms with E-state index in [0.717, 1.165) is 24.2 Å². The minimum atomic E-state index is -0.317. The predicted octanol–water partition coefficient (Wildman–Crippen LogP) is 3.57. The Bertz CT molecular complexity index is 583. The van der Waals surface area contributed by atoms with Crippen molar-refractivity contribution in [3.8, 4) is 11.1 Å². The van der Waals surface area contributed by atoms with Crippen LogP contribution in [0.5, 0.6) is 0 Å². The second-order valence-electron chi connectivity index (χ2n) is 5.83. The van der Waals surface area contributed by atoms with E-state index >= 15 is 0 Å². The molecule has 1 aliphatic carbocycles. The van der Waals surface area contributed by atoms with E-state index in [1.807, 2.05) is 24.5 Å². The molecule has 0 amide bonds. The Morgan fingerprint density at radius 3 is 2.30 bits per heavy atom. The van der Waals surface area contributed by atoms with E-state index in [4.69, 9.17) is 5.73 Å². The Hall–Kier alpha value is -1.74. The van der Waals surface area contributed by atoms with Gasteiger partial charge in [-0.1, -0.05) is 43.5 Å². The number of hydrogen-bond acceptors (Lipinski definition) is 3.